The molecule has 1 aliphatic heterocycles. The Morgan fingerprint density at radius 1 is 1.29 bits per heavy atom. The summed E-state index contributed by atoms with van der Waals surface area (Å²) in [4.78, 5) is 16.9. The van der Waals surface area contributed by atoms with E-state index in [1.807, 2.05) is 31.2 Å². The monoisotopic (exact) mass is 396 g/mol. The van der Waals surface area contributed by atoms with E-state index in [1.54, 1.807) is 6.07 Å². The van der Waals surface area contributed by atoms with Gasteiger partial charge in [0, 0.05) is 22.9 Å². The van der Waals surface area contributed by atoms with E-state index in [-0.39, 0.29) is 29.3 Å². The highest BCUT2D eigenvalue weighted by Gasteiger charge is 2.34. The number of rotatable bonds is 2. The summed E-state index contributed by atoms with van der Waals surface area (Å²) < 4.78 is 20.8. The maximum atomic E-state index is 13.5. The average Bonchev–Trinajstić information content (AvgIpc) is 3.22. The Hall–Kier alpha value is -3.19. The van der Waals surface area contributed by atoms with Crippen LogP contribution in [0.2, 0.25) is 5.02 Å². The number of hydrogen-bond donors (Lipinski definition) is 1. The second-order valence-electron chi connectivity index (χ2n) is 6.69. The van der Waals surface area contributed by atoms with Gasteiger partial charge in [-0.1, -0.05) is 29.8 Å². The molecule has 0 fully saturated rings. The molecule has 2 aromatic heterocycles. The van der Waals surface area contributed by atoms with Crippen molar-refractivity contribution in [3.8, 4) is 6.01 Å². The van der Waals surface area contributed by atoms with E-state index in [2.05, 4.69) is 15.4 Å². The molecule has 1 atom stereocenters. The molecule has 5 rings (SSSR count). The predicted molar refractivity (Wildman–Crippen MR) is 102 cm³/mol. The van der Waals surface area contributed by atoms with E-state index in [0.29, 0.717) is 28.2 Å². The topological polar surface area (TPSA) is 73.0 Å². The van der Waals surface area contributed by atoms with E-state index in [1.165, 1.54) is 16.8 Å². The quantitative estimate of drug-likeness (QED) is 0.538. The first kappa shape index (κ1) is 16.9. The number of carbonyl (C=O) groups excluding carboxylic acids is 1. The van der Waals surface area contributed by atoms with E-state index >= 15 is 0 Å². The summed E-state index contributed by atoms with van der Waals surface area (Å²) in [5.74, 6) is -0.455. The SMILES string of the molecule is Cc1nn(-c2nc3ccccc3o2)c2c1[C@@H](c1ccc(F)cc1Cl)CC(=O)N2. The van der Waals surface area contributed by atoms with Crippen LogP contribution in [0, 0.1) is 12.7 Å². The molecule has 0 spiro atoms. The summed E-state index contributed by atoms with van der Waals surface area (Å²) in [6.07, 6.45) is 0.193. The molecule has 0 saturated heterocycles. The van der Waals surface area contributed by atoms with Gasteiger partial charge < -0.3 is 9.73 Å². The molecule has 28 heavy (non-hydrogen) atoms. The smallest absolute Gasteiger partial charge is 0.325 e. The molecule has 3 heterocycles. The van der Waals surface area contributed by atoms with Crippen LogP contribution in [0.3, 0.4) is 0 Å². The number of amides is 1. The lowest BCUT2D eigenvalue weighted by Crippen LogP contribution is -2.25. The lowest BCUT2D eigenvalue weighted by atomic mass is 9.86. The van der Waals surface area contributed by atoms with Crippen LogP contribution in [-0.2, 0) is 4.79 Å². The van der Waals surface area contributed by atoms with E-state index in [0.717, 1.165) is 5.56 Å². The maximum Gasteiger partial charge on any atom is 0.325 e. The highest BCUT2D eigenvalue weighted by Crippen LogP contribution is 2.42. The Kier molecular flexibility index (Phi) is 3.73. The van der Waals surface area contributed by atoms with Gasteiger partial charge >= 0.3 is 6.01 Å². The van der Waals surface area contributed by atoms with E-state index in [4.69, 9.17) is 16.0 Å². The molecular formula is C20H14ClFN4O2. The normalized spacial score (nSPS) is 16.2. The highest BCUT2D eigenvalue weighted by atomic mass is 35.5. The molecule has 1 amide bonds. The molecule has 0 unspecified atom stereocenters. The highest BCUT2D eigenvalue weighted by molar-refractivity contribution is 6.31. The number of nitrogens with one attached hydrogen (secondary N) is 1. The van der Waals surface area contributed by atoms with Crippen LogP contribution < -0.4 is 5.32 Å². The van der Waals surface area contributed by atoms with Crippen molar-refractivity contribution in [2.75, 3.05) is 5.32 Å². The summed E-state index contributed by atoms with van der Waals surface area (Å²) in [6.45, 7) is 1.85. The number of halogens is 2. The van der Waals surface area contributed by atoms with Gasteiger partial charge in [0.25, 0.3) is 0 Å². The zero-order valence-corrected chi connectivity index (χ0v) is 15.5. The lowest BCUT2D eigenvalue weighted by Gasteiger charge is -2.24. The molecule has 0 aliphatic carbocycles. The van der Waals surface area contributed by atoms with Gasteiger partial charge in [0.05, 0.1) is 5.69 Å². The number of nitrogens with zero attached hydrogens (tertiary/aromatic N) is 3. The van der Waals surface area contributed by atoms with E-state index < -0.39 is 5.82 Å². The molecule has 0 radical (unpaired) electrons. The molecule has 1 N–H and O–H groups in total. The second-order valence-corrected chi connectivity index (χ2v) is 7.10. The predicted octanol–water partition coefficient (Wildman–Crippen LogP) is 4.59. The third-order valence-electron chi connectivity index (χ3n) is 4.90. The minimum absolute atomic E-state index is 0.185. The lowest BCUT2D eigenvalue weighted by molar-refractivity contribution is -0.116. The zero-order valence-electron chi connectivity index (χ0n) is 14.7. The number of hydrogen-bond acceptors (Lipinski definition) is 4. The first-order chi connectivity index (χ1) is 13.5. The van der Waals surface area contributed by atoms with Crippen molar-refractivity contribution in [2.24, 2.45) is 0 Å². The Balaban J connectivity index is 1.69. The summed E-state index contributed by atoms with van der Waals surface area (Å²) >= 11 is 6.28. The second kappa shape index (κ2) is 6.17. The van der Waals surface area contributed by atoms with Gasteiger partial charge in [-0.2, -0.15) is 14.8 Å². The Labute approximate surface area is 163 Å². The first-order valence-electron chi connectivity index (χ1n) is 8.71. The van der Waals surface area contributed by atoms with Crippen molar-refractivity contribution in [1.29, 1.82) is 0 Å². The van der Waals surface area contributed by atoms with Crippen LogP contribution in [0.1, 0.15) is 29.2 Å². The van der Waals surface area contributed by atoms with Gasteiger partial charge in [0.1, 0.15) is 17.2 Å². The average molecular weight is 397 g/mol. The van der Waals surface area contributed by atoms with Crippen molar-refractivity contribution in [2.45, 2.75) is 19.3 Å². The van der Waals surface area contributed by atoms with Crippen molar-refractivity contribution in [1.82, 2.24) is 14.8 Å². The maximum absolute atomic E-state index is 13.5. The molecule has 4 aromatic rings. The number of aromatic nitrogens is 3. The van der Waals surface area contributed by atoms with Gasteiger partial charge in [0.2, 0.25) is 5.91 Å². The summed E-state index contributed by atoms with van der Waals surface area (Å²) in [6, 6.07) is 11.8. The molecule has 0 saturated carbocycles. The largest absolute Gasteiger partial charge is 0.422 e. The molecule has 1 aliphatic rings. The molecule has 2 aromatic carbocycles. The molecular weight excluding hydrogens is 383 g/mol. The fraction of sp³-hybridized carbons (Fsp3) is 0.150. The fourth-order valence-corrected chi connectivity index (χ4v) is 3.98. The molecule has 140 valence electrons. The van der Waals surface area contributed by atoms with Gasteiger partial charge in [-0.25, -0.2) is 4.39 Å². The number of benzene rings is 2. The number of anilines is 1. The number of oxazole rings is 1. The summed E-state index contributed by atoms with van der Waals surface area (Å²) in [5.41, 5.74) is 3.52. The van der Waals surface area contributed by atoms with Gasteiger partial charge in [0.15, 0.2) is 5.58 Å². The zero-order chi connectivity index (χ0) is 19.4. The minimum atomic E-state index is -0.423. The number of carbonyl (C=O) groups is 1. The third kappa shape index (κ3) is 2.58. The minimum Gasteiger partial charge on any atom is -0.422 e. The Bertz CT molecular complexity index is 1210. The Morgan fingerprint density at radius 2 is 2.11 bits per heavy atom. The van der Waals surface area contributed by atoms with Crippen molar-refractivity contribution in [3.05, 3.63) is 70.1 Å². The third-order valence-corrected chi connectivity index (χ3v) is 5.23. The number of fused-ring (bicyclic) bond motifs is 2. The van der Waals surface area contributed by atoms with Crippen LogP contribution in [0.4, 0.5) is 10.2 Å². The summed E-state index contributed by atoms with van der Waals surface area (Å²) in [7, 11) is 0. The van der Waals surface area contributed by atoms with Crippen molar-refractivity contribution < 1.29 is 13.6 Å². The number of aryl methyl sites for hydroxylation is 1. The van der Waals surface area contributed by atoms with Crippen molar-refractivity contribution in [3.63, 3.8) is 0 Å². The summed E-state index contributed by atoms with van der Waals surface area (Å²) in [5, 5.41) is 7.69. The Morgan fingerprint density at radius 3 is 2.89 bits per heavy atom. The van der Waals surface area contributed by atoms with Crippen LogP contribution in [0.5, 0.6) is 0 Å². The molecule has 6 nitrogen and oxygen atoms in total. The number of para-hydroxylation sites is 2. The first-order valence-corrected chi connectivity index (χ1v) is 9.09. The van der Waals surface area contributed by atoms with Gasteiger partial charge in [-0.3, -0.25) is 4.79 Å². The van der Waals surface area contributed by atoms with Crippen LogP contribution in [0.25, 0.3) is 17.1 Å². The van der Waals surface area contributed by atoms with Gasteiger partial charge in [-0.05, 0) is 36.8 Å². The van der Waals surface area contributed by atoms with Crippen LogP contribution >= 0.6 is 11.6 Å². The van der Waals surface area contributed by atoms with Gasteiger partial charge in [-0.15, -0.1) is 0 Å². The standard InChI is InChI=1S/C20H14ClFN4O2/c1-10-18-13(12-7-6-11(22)8-14(12)21)9-17(27)24-19(18)26(25-10)20-23-15-4-2-3-5-16(15)28-20/h2-8,13H,9H2,1H3,(H,24,27)/t13-/m1/s1. The molecule has 0 bridgehead atoms. The fourth-order valence-electron chi connectivity index (χ4n) is 3.69. The van der Waals surface area contributed by atoms with Crippen LogP contribution in [0.15, 0.2) is 46.9 Å². The van der Waals surface area contributed by atoms with Crippen molar-refractivity contribution >= 4 is 34.4 Å². The van der Waals surface area contributed by atoms with E-state index in [9.17, 15) is 9.18 Å². The van der Waals surface area contributed by atoms with Crippen LogP contribution in [-0.4, -0.2) is 20.7 Å². The molecule has 8 heteroatoms.